The zero-order valence-corrected chi connectivity index (χ0v) is 12.6. The molecule has 0 aliphatic rings. The number of ketones is 1. The molecular formula is C16H14O6. The van der Waals surface area contributed by atoms with Crippen molar-refractivity contribution in [2.24, 2.45) is 0 Å². The second-order valence-electron chi connectivity index (χ2n) is 4.85. The molecule has 0 aliphatic heterocycles. The number of hydrogen-bond acceptors (Lipinski definition) is 6. The maximum Gasteiger partial charge on any atom is 0.207 e. The number of fused-ring (bicyclic) bond motifs is 2. The molecule has 0 saturated heterocycles. The second kappa shape index (κ2) is 4.91. The van der Waals surface area contributed by atoms with Crippen molar-refractivity contribution >= 4 is 27.7 Å². The molecule has 2 aromatic heterocycles. The second-order valence-corrected chi connectivity index (χ2v) is 4.85. The standard InChI is InChI=1S/C16H14O6/c1-7(17)10-8(2)22-15-11(12(10)18)13(19-3)9-5-6-21-14(9)16(15)20-4/h5-6H,1-4H3. The summed E-state index contributed by atoms with van der Waals surface area (Å²) in [5.74, 6) is 0.472. The molecule has 2 heterocycles. The van der Waals surface area contributed by atoms with Crippen LogP contribution < -0.4 is 14.9 Å². The van der Waals surface area contributed by atoms with Crippen molar-refractivity contribution in [2.75, 3.05) is 14.2 Å². The van der Waals surface area contributed by atoms with Crippen molar-refractivity contribution < 1.29 is 23.1 Å². The molecule has 0 radical (unpaired) electrons. The third-order valence-electron chi connectivity index (χ3n) is 3.60. The van der Waals surface area contributed by atoms with Crippen molar-refractivity contribution in [2.45, 2.75) is 13.8 Å². The molecule has 0 fully saturated rings. The van der Waals surface area contributed by atoms with Gasteiger partial charge in [-0.3, -0.25) is 9.59 Å². The number of benzene rings is 1. The number of rotatable bonds is 3. The highest BCUT2D eigenvalue weighted by molar-refractivity contribution is 6.08. The van der Waals surface area contributed by atoms with Crippen LogP contribution in [0.4, 0.5) is 0 Å². The molecule has 22 heavy (non-hydrogen) atoms. The summed E-state index contributed by atoms with van der Waals surface area (Å²) in [6.45, 7) is 2.89. The molecule has 114 valence electrons. The van der Waals surface area contributed by atoms with Crippen LogP contribution >= 0.6 is 0 Å². The Morgan fingerprint density at radius 1 is 1.14 bits per heavy atom. The molecule has 0 atom stereocenters. The number of carbonyl (C=O) groups excluding carboxylic acids is 1. The quantitative estimate of drug-likeness (QED) is 0.692. The first-order valence-electron chi connectivity index (χ1n) is 6.60. The van der Waals surface area contributed by atoms with Gasteiger partial charge in [-0.05, 0) is 19.9 Å². The van der Waals surface area contributed by atoms with E-state index in [1.165, 1.54) is 27.4 Å². The number of aryl methyl sites for hydroxylation is 1. The Balaban J connectivity index is 2.68. The molecule has 3 rings (SSSR count). The van der Waals surface area contributed by atoms with Gasteiger partial charge in [-0.25, -0.2) is 0 Å². The third-order valence-corrected chi connectivity index (χ3v) is 3.60. The summed E-state index contributed by atoms with van der Waals surface area (Å²) >= 11 is 0. The van der Waals surface area contributed by atoms with Gasteiger partial charge in [0.1, 0.15) is 22.5 Å². The van der Waals surface area contributed by atoms with Crippen molar-refractivity contribution in [3.05, 3.63) is 33.9 Å². The molecule has 0 saturated carbocycles. The fraction of sp³-hybridized carbons (Fsp3) is 0.250. The normalized spacial score (nSPS) is 11.1. The van der Waals surface area contributed by atoms with E-state index in [9.17, 15) is 9.59 Å². The highest BCUT2D eigenvalue weighted by Gasteiger charge is 2.25. The van der Waals surface area contributed by atoms with E-state index in [1.54, 1.807) is 13.0 Å². The molecule has 0 aliphatic carbocycles. The third kappa shape index (κ3) is 1.73. The van der Waals surface area contributed by atoms with E-state index in [-0.39, 0.29) is 28.1 Å². The summed E-state index contributed by atoms with van der Waals surface area (Å²) in [7, 11) is 2.90. The fourth-order valence-electron chi connectivity index (χ4n) is 2.72. The zero-order chi connectivity index (χ0) is 16.0. The summed E-state index contributed by atoms with van der Waals surface area (Å²) in [4.78, 5) is 24.5. The lowest BCUT2D eigenvalue weighted by Gasteiger charge is -2.12. The Hall–Kier alpha value is -2.76. The van der Waals surface area contributed by atoms with Crippen molar-refractivity contribution in [3.8, 4) is 11.5 Å². The first-order chi connectivity index (χ1) is 10.5. The van der Waals surface area contributed by atoms with Crippen LogP contribution in [-0.4, -0.2) is 20.0 Å². The van der Waals surface area contributed by atoms with Crippen molar-refractivity contribution in [1.29, 1.82) is 0 Å². The Morgan fingerprint density at radius 3 is 2.41 bits per heavy atom. The summed E-state index contributed by atoms with van der Waals surface area (Å²) in [6, 6.07) is 1.67. The van der Waals surface area contributed by atoms with E-state index >= 15 is 0 Å². The van der Waals surface area contributed by atoms with Gasteiger partial charge in [0.05, 0.1) is 25.9 Å². The Kier molecular flexibility index (Phi) is 3.16. The molecule has 3 aromatic rings. The van der Waals surface area contributed by atoms with Gasteiger partial charge >= 0.3 is 0 Å². The van der Waals surface area contributed by atoms with Gasteiger partial charge in [0.25, 0.3) is 0 Å². The lowest BCUT2D eigenvalue weighted by molar-refractivity contribution is 0.101. The van der Waals surface area contributed by atoms with E-state index < -0.39 is 5.43 Å². The minimum absolute atomic E-state index is 0.00991. The highest BCUT2D eigenvalue weighted by atomic mass is 16.5. The van der Waals surface area contributed by atoms with E-state index in [0.717, 1.165) is 0 Å². The van der Waals surface area contributed by atoms with Crippen LogP contribution in [0.2, 0.25) is 0 Å². The van der Waals surface area contributed by atoms with Gasteiger partial charge in [0, 0.05) is 0 Å². The van der Waals surface area contributed by atoms with Crippen LogP contribution in [0.15, 0.2) is 26.0 Å². The predicted molar refractivity (Wildman–Crippen MR) is 80.1 cm³/mol. The van der Waals surface area contributed by atoms with Gasteiger partial charge < -0.3 is 18.3 Å². The smallest absolute Gasteiger partial charge is 0.207 e. The van der Waals surface area contributed by atoms with Crippen LogP contribution in [-0.2, 0) is 0 Å². The molecule has 0 amide bonds. The molecule has 0 spiro atoms. The topological polar surface area (TPSA) is 78.9 Å². The molecular weight excluding hydrogens is 288 g/mol. The van der Waals surface area contributed by atoms with Crippen LogP contribution in [0.1, 0.15) is 23.0 Å². The summed E-state index contributed by atoms with van der Waals surface area (Å²) < 4.78 is 21.8. The Morgan fingerprint density at radius 2 is 1.82 bits per heavy atom. The molecule has 6 heteroatoms. The Bertz CT molecular complexity index is 960. The SMILES string of the molecule is COc1c2occc2c(OC)c2c(=O)c(C(C)=O)c(C)oc12. The van der Waals surface area contributed by atoms with E-state index in [4.69, 9.17) is 18.3 Å². The van der Waals surface area contributed by atoms with Crippen LogP contribution in [0.25, 0.3) is 21.9 Å². The van der Waals surface area contributed by atoms with Crippen LogP contribution in [0.5, 0.6) is 11.5 Å². The Labute approximate surface area is 125 Å². The molecule has 0 bridgehead atoms. The molecule has 6 nitrogen and oxygen atoms in total. The van der Waals surface area contributed by atoms with E-state index in [1.807, 2.05) is 0 Å². The zero-order valence-electron chi connectivity index (χ0n) is 12.6. The van der Waals surface area contributed by atoms with E-state index in [2.05, 4.69) is 0 Å². The number of hydrogen-bond donors (Lipinski definition) is 0. The summed E-state index contributed by atoms with van der Waals surface area (Å²) in [5.41, 5.74) is 0.194. The predicted octanol–water partition coefficient (Wildman–Crippen LogP) is 3.07. The molecule has 1 aromatic carbocycles. The number of furan rings is 1. The maximum atomic E-state index is 12.8. The van der Waals surface area contributed by atoms with Gasteiger partial charge in [-0.15, -0.1) is 0 Å². The first kappa shape index (κ1) is 14.2. The van der Waals surface area contributed by atoms with Gasteiger partial charge in [0.2, 0.25) is 11.2 Å². The maximum absolute atomic E-state index is 12.8. The number of Topliss-reactive ketones (excluding diaryl/α,β-unsaturated/α-hetero) is 1. The number of ether oxygens (including phenoxy) is 2. The lowest BCUT2D eigenvalue weighted by atomic mass is 10.0. The highest BCUT2D eigenvalue weighted by Crippen LogP contribution is 2.42. The number of carbonyl (C=O) groups is 1. The van der Waals surface area contributed by atoms with Crippen molar-refractivity contribution in [1.82, 2.24) is 0 Å². The fourth-order valence-corrected chi connectivity index (χ4v) is 2.72. The van der Waals surface area contributed by atoms with Gasteiger partial charge in [-0.2, -0.15) is 0 Å². The van der Waals surface area contributed by atoms with Crippen molar-refractivity contribution in [3.63, 3.8) is 0 Å². The monoisotopic (exact) mass is 302 g/mol. The largest absolute Gasteiger partial charge is 0.495 e. The minimum Gasteiger partial charge on any atom is -0.495 e. The average Bonchev–Trinajstić information content (AvgIpc) is 2.93. The first-order valence-corrected chi connectivity index (χ1v) is 6.60. The van der Waals surface area contributed by atoms with Gasteiger partial charge in [0.15, 0.2) is 16.9 Å². The summed E-state index contributed by atoms with van der Waals surface area (Å²) in [5, 5.41) is 0.751. The average molecular weight is 302 g/mol. The van der Waals surface area contributed by atoms with Crippen LogP contribution in [0, 0.1) is 6.92 Å². The van der Waals surface area contributed by atoms with Crippen LogP contribution in [0.3, 0.4) is 0 Å². The minimum atomic E-state index is -0.440. The molecule has 0 N–H and O–H groups in total. The number of methoxy groups -OCH3 is 2. The van der Waals surface area contributed by atoms with Gasteiger partial charge in [-0.1, -0.05) is 0 Å². The molecule has 0 unspecified atom stereocenters. The summed E-state index contributed by atoms with van der Waals surface area (Å²) in [6.07, 6.45) is 1.47. The lowest BCUT2D eigenvalue weighted by Crippen LogP contribution is -2.16. The van der Waals surface area contributed by atoms with E-state index in [0.29, 0.717) is 22.5 Å².